The fourth-order valence-corrected chi connectivity index (χ4v) is 6.34. The van der Waals surface area contributed by atoms with Crippen LogP contribution in [0.4, 0.5) is 28.9 Å². The van der Waals surface area contributed by atoms with Gasteiger partial charge in [0.25, 0.3) is 0 Å². The van der Waals surface area contributed by atoms with E-state index in [0.717, 1.165) is 97.7 Å². The third kappa shape index (κ3) is 10.8. The smallest absolute Gasteiger partial charge is 0.244 e. The van der Waals surface area contributed by atoms with Crippen LogP contribution >= 0.6 is 0 Å². The van der Waals surface area contributed by atoms with Gasteiger partial charge in [0.15, 0.2) is 0 Å². The summed E-state index contributed by atoms with van der Waals surface area (Å²) in [5, 5.41) is 18.3. The number of benzene rings is 4. The van der Waals surface area contributed by atoms with Gasteiger partial charge in [0.2, 0.25) is 11.8 Å². The van der Waals surface area contributed by atoms with Crippen molar-refractivity contribution in [1.29, 1.82) is 0 Å². The second-order valence-electron chi connectivity index (χ2n) is 13.1. The molecule has 2 unspecified atom stereocenters. The van der Waals surface area contributed by atoms with Crippen LogP contribution in [0.15, 0.2) is 84.9 Å². The first-order valence-electron chi connectivity index (χ1n) is 17.7. The Labute approximate surface area is 307 Å². The quantitative estimate of drug-likeness (QED) is 0.0988. The topological polar surface area (TPSA) is 93.7 Å². The Morgan fingerprint density at radius 3 is 1.89 bits per heavy atom. The maximum absolute atomic E-state index is 13.6. The normalized spacial score (nSPS) is 14.7. The lowest BCUT2D eigenvalue weighted by Gasteiger charge is -2.31. The molecule has 2 heterocycles. The third-order valence-electron chi connectivity index (χ3n) is 9.23. The van der Waals surface area contributed by atoms with Crippen molar-refractivity contribution in [2.24, 2.45) is 0 Å². The van der Waals surface area contributed by atoms with Gasteiger partial charge in [-0.3, -0.25) is 9.59 Å². The molecule has 4 aromatic rings. The number of hydrogen-bond acceptors (Lipinski definition) is 5. The van der Waals surface area contributed by atoms with Crippen LogP contribution in [-0.4, -0.2) is 43.2 Å². The van der Waals surface area contributed by atoms with Crippen LogP contribution in [0.2, 0.25) is 0 Å². The van der Waals surface area contributed by atoms with E-state index in [2.05, 4.69) is 39.0 Å². The van der Waals surface area contributed by atoms with Crippen LogP contribution in [0.25, 0.3) is 12.2 Å². The molecule has 2 amide bonds. The van der Waals surface area contributed by atoms with Crippen molar-refractivity contribution in [2.45, 2.75) is 51.6 Å². The van der Waals surface area contributed by atoms with Gasteiger partial charge in [0.1, 0.15) is 23.3 Å². The van der Waals surface area contributed by atoms with Crippen molar-refractivity contribution in [1.82, 2.24) is 10.6 Å². The molecule has 0 bridgehead atoms. The highest BCUT2D eigenvalue weighted by Crippen LogP contribution is 2.30. The van der Waals surface area contributed by atoms with Crippen LogP contribution in [0.5, 0.6) is 0 Å². The van der Waals surface area contributed by atoms with Gasteiger partial charge < -0.3 is 26.0 Å². The summed E-state index contributed by atoms with van der Waals surface area (Å²) < 4.78 is 53.5. The first-order valence-corrected chi connectivity index (χ1v) is 17.7. The van der Waals surface area contributed by atoms with Crippen molar-refractivity contribution in [3.63, 3.8) is 0 Å². The summed E-state index contributed by atoms with van der Waals surface area (Å²) in [6, 6.07) is 18.0. The lowest BCUT2D eigenvalue weighted by atomic mass is 9.97. The third-order valence-corrected chi connectivity index (χ3v) is 9.23. The fourth-order valence-electron chi connectivity index (χ4n) is 6.34. The van der Waals surface area contributed by atoms with E-state index in [-0.39, 0.29) is 41.6 Å². The lowest BCUT2D eigenvalue weighted by Crippen LogP contribution is -2.32. The molecule has 2 aliphatic heterocycles. The van der Waals surface area contributed by atoms with Crippen LogP contribution in [0.3, 0.4) is 0 Å². The molecular weight excluding hydrogens is 684 g/mol. The van der Waals surface area contributed by atoms with Crippen LogP contribution in [0.1, 0.15) is 72.2 Å². The molecular formula is C42H44F4N4O3. The standard InChI is InChI=1S/C22H24F2N2O2.C20H20F2N2O/c1-15(25-22(28)9-6-18-13-19(23)7-8-20(18)24)17-5-4-16-3-2-10-26(11-12-27)21(16)14-17;1-13(15-5-4-14-3-2-10-23-19(14)12-15)24-20(25)9-6-16-11-17(21)7-8-18(16)22/h4-9,13-15,27H,2-3,10-12H2,1H3,(H,25,28);4-9,11-13,23H,2-3,10H2,1H3,(H,24,25)/b2*9-6+. The van der Waals surface area contributed by atoms with E-state index in [0.29, 0.717) is 6.54 Å². The Kier molecular flexibility index (Phi) is 13.4. The fraction of sp³-hybridized carbons (Fsp3) is 0.286. The number of hydrogen-bond donors (Lipinski definition) is 4. The molecule has 0 aromatic heterocycles. The maximum Gasteiger partial charge on any atom is 0.244 e. The number of nitrogens with zero attached hydrogens (tertiary/aromatic N) is 1. The summed E-state index contributed by atoms with van der Waals surface area (Å²) >= 11 is 0. The molecule has 53 heavy (non-hydrogen) atoms. The molecule has 0 aliphatic carbocycles. The van der Waals surface area contributed by atoms with Gasteiger partial charge in [-0.05, 0) is 122 Å². The SMILES string of the molecule is CC(NC(=O)/C=C/c1cc(F)ccc1F)c1ccc2c(c1)N(CCO)CCC2.CC(NC(=O)/C=C/c1cc(F)ccc1F)c1ccc2c(c1)NCCC2. The zero-order valence-corrected chi connectivity index (χ0v) is 29.8. The van der Waals surface area contributed by atoms with E-state index >= 15 is 0 Å². The minimum atomic E-state index is -0.586. The zero-order chi connectivity index (χ0) is 37.9. The number of β-amino-alcohol motifs (C(OH)–C–C–N with tert-alkyl or cyclic N) is 1. The van der Waals surface area contributed by atoms with Gasteiger partial charge in [0.05, 0.1) is 18.7 Å². The van der Waals surface area contributed by atoms with E-state index in [1.807, 2.05) is 32.0 Å². The Balaban J connectivity index is 0.000000206. The largest absolute Gasteiger partial charge is 0.395 e. The first kappa shape index (κ1) is 38.8. The highest BCUT2D eigenvalue weighted by Gasteiger charge is 2.19. The average molecular weight is 729 g/mol. The molecule has 2 aliphatic rings. The molecule has 0 saturated heterocycles. The van der Waals surface area contributed by atoms with Gasteiger partial charge >= 0.3 is 0 Å². The second-order valence-corrected chi connectivity index (χ2v) is 13.1. The van der Waals surface area contributed by atoms with E-state index in [1.54, 1.807) is 0 Å². The monoisotopic (exact) mass is 728 g/mol. The Bertz CT molecular complexity index is 1980. The molecule has 0 fully saturated rings. The lowest BCUT2D eigenvalue weighted by molar-refractivity contribution is -0.117. The summed E-state index contributed by atoms with van der Waals surface area (Å²) in [4.78, 5) is 26.4. The van der Waals surface area contributed by atoms with E-state index < -0.39 is 23.3 Å². The van der Waals surface area contributed by atoms with E-state index in [9.17, 15) is 32.3 Å². The van der Waals surface area contributed by atoms with Crippen molar-refractivity contribution in [3.05, 3.63) is 142 Å². The number of carbonyl (C=O) groups excluding carboxylic acids is 2. The first-order chi connectivity index (χ1) is 25.5. The molecule has 7 nitrogen and oxygen atoms in total. The number of aliphatic hydroxyl groups excluding tert-OH is 1. The number of halogens is 4. The molecule has 4 aromatic carbocycles. The van der Waals surface area contributed by atoms with Gasteiger partial charge in [-0.2, -0.15) is 0 Å². The molecule has 11 heteroatoms. The predicted molar refractivity (Wildman–Crippen MR) is 201 cm³/mol. The van der Waals surface area contributed by atoms with E-state index in [1.165, 1.54) is 35.4 Å². The van der Waals surface area contributed by atoms with Crippen molar-refractivity contribution >= 4 is 35.3 Å². The number of nitrogens with one attached hydrogen (secondary N) is 3. The predicted octanol–water partition coefficient (Wildman–Crippen LogP) is 7.81. The van der Waals surface area contributed by atoms with Gasteiger partial charge in [0, 0.05) is 54.3 Å². The molecule has 0 spiro atoms. The molecule has 2 atom stereocenters. The highest BCUT2D eigenvalue weighted by atomic mass is 19.1. The molecule has 278 valence electrons. The van der Waals surface area contributed by atoms with Crippen molar-refractivity contribution in [2.75, 3.05) is 36.5 Å². The number of fused-ring (bicyclic) bond motifs is 2. The number of aliphatic hydroxyl groups is 1. The van der Waals surface area contributed by atoms with Crippen molar-refractivity contribution in [3.8, 4) is 0 Å². The van der Waals surface area contributed by atoms with Crippen LogP contribution in [-0.2, 0) is 22.4 Å². The summed E-state index contributed by atoms with van der Waals surface area (Å²) in [5.41, 5.74) is 6.74. The summed E-state index contributed by atoms with van der Waals surface area (Å²) in [5.74, 6) is -3.01. The molecule has 6 rings (SSSR count). The van der Waals surface area contributed by atoms with Gasteiger partial charge in [-0.1, -0.05) is 24.3 Å². The van der Waals surface area contributed by atoms with Gasteiger partial charge in [-0.15, -0.1) is 0 Å². The number of rotatable bonds is 10. The number of anilines is 2. The number of aryl methyl sites for hydroxylation is 2. The second kappa shape index (κ2) is 18.4. The molecule has 4 N–H and O–H groups in total. The van der Waals surface area contributed by atoms with Crippen LogP contribution < -0.4 is 20.9 Å². The molecule has 0 radical (unpaired) electrons. The highest BCUT2D eigenvalue weighted by molar-refractivity contribution is 5.92. The Hall–Kier alpha value is -5.42. The minimum Gasteiger partial charge on any atom is -0.395 e. The average Bonchev–Trinajstić information content (AvgIpc) is 3.15. The molecule has 0 saturated carbocycles. The zero-order valence-electron chi connectivity index (χ0n) is 29.8. The Morgan fingerprint density at radius 1 is 0.755 bits per heavy atom. The minimum absolute atomic E-state index is 0.0243. The van der Waals surface area contributed by atoms with Crippen molar-refractivity contribution < 1.29 is 32.3 Å². The van der Waals surface area contributed by atoms with Gasteiger partial charge in [-0.25, -0.2) is 17.6 Å². The summed E-state index contributed by atoms with van der Waals surface area (Å²) in [6.45, 7) is 6.30. The Morgan fingerprint density at radius 2 is 1.30 bits per heavy atom. The number of amides is 2. The number of carbonyl (C=O) groups is 2. The van der Waals surface area contributed by atoms with Crippen LogP contribution in [0, 0.1) is 23.3 Å². The summed E-state index contributed by atoms with van der Waals surface area (Å²) in [6.07, 6.45) is 9.19. The summed E-state index contributed by atoms with van der Waals surface area (Å²) in [7, 11) is 0. The van der Waals surface area contributed by atoms with E-state index in [4.69, 9.17) is 0 Å². The maximum atomic E-state index is 13.6.